The number of amides is 3. The lowest BCUT2D eigenvalue weighted by atomic mass is 10.2. The van der Waals surface area contributed by atoms with Crippen molar-refractivity contribution in [3.05, 3.63) is 30.1 Å². The molecule has 2 heterocycles. The molecule has 28 heavy (non-hydrogen) atoms. The first-order chi connectivity index (χ1) is 13.4. The van der Waals surface area contributed by atoms with Crippen molar-refractivity contribution >= 4 is 45.9 Å². The summed E-state index contributed by atoms with van der Waals surface area (Å²) in [7, 11) is 0. The van der Waals surface area contributed by atoms with E-state index in [1.807, 2.05) is 13.8 Å². The van der Waals surface area contributed by atoms with Crippen LogP contribution in [-0.4, -0.2) is 58.1 Å². The van der Waals surface area contributed by atoms with Crippen LogP contribution in [0.15, 0.2) is 28.6 Å². The number of aromatic nitrogens is 2. The lowest BCUT2D eigenvalue weighted by molar-refractivity contribution is -0.140. The first-order valence-corrected chi connectivity index (χ1v) is 10.4. The quantitative estimate of drug-likeness (QED) is 0.565. The monoisotopic (exact) mass is 425 g/mol. The predicted molar refractivity (Wildman–Crippen MR) is 106 cm³/mol. The van der Waals surface area contributed by atoms with Crippen molar-refractivity contribution in [2.75, 3.05) is 29.5 Å². The zero-order chi connectivity index (χ0) is 20.1. The zero-order valence-electron chi connectivity index (χ0n) is 15.3. The number of morpholine rings is 1. The molecule has 0 spiro atoms. The van der Waals surface area contributed by atoms with Crippen LogP contribution in [0.2, 0.25) is 0 Å². The normalized spacial score (nSPS) is 19.3. The average molecular weight is 426 g/mol. The van der Waals surface area contributed by atoms with Crippen molar-refractivity contribution in [1.29, 1.82) is 0 Å². The largest absolute Gasteiger partial charge is 0.372 e. The number of nitrogens with zero attached hydrogens (tertiary/aromatic N) is 3. The highest BCUT2D eigenvalue weighted by molar-refractivity contribution is 8.01. The maximum absolute atomic E-state index is 12.9. The highest BCUT2D eigenvalue weighted by Crippen LogP contribution is 2.26. The van der Waals surface area contributed by atoms with Crippen molar-refractivity contribution in [2.45, 2.75) is 30.4 Å². The Labute approximate surface area is 169 Å². The van der Waals surface area contributed by atoms with Gasteiger partial charge in [0.25, 0.3) is 0 Å². The molecule has 1 aliphatic heterocycles. The number of ether oxygens (including phenoxy) is 1. The molecule has 11 heteroatoms. The summed E-state index contributed by atoms with van der Waals surface area (Å²) in [5.74, 6) is -0.117. The molecule has 1 aromatic carbocycles. The van der Waals surface area contributed by atoms with Crippen molar-refractivity contribution in [3.63, 3.8) is 0 Å². The van der Waals surface area contributed by atoms with Crippen LogP contribution in [0.5, 0.6) is 0 Å². The molecule has 2 N–H and O–H groups in total. The fraction of sp³-hybridized carbons (Fsp3) is 0.412. The Balaban J connectivity index is 1.46. The van der Waals surface area contributed by atoms with Crippen LogP contribution in [-0.2, 0) is 9.53 Å². The highest BCUT2D eigenvalue weighted by Gasteiger charge is 2.26. The number of thioether (sulfide) groups is 1. The third kappa shape index (κ3) is 5.88. The van der Waals surface area contributed by atoms with Gasteiger partial charge in [-0.05, 0) is 38.1 Å². The number of anilines is 2. The van der Waals surface area contributed by atoms with Crippen LogP contribution in [0.1, 0.15) is 13.8 Å². The Bertz CT molecular complexity index is 822. The molecule has 8 nitrogen and oxygen atoms in total. The van der Waals surface area contributed by atoms with Crippen molar-refractivity contribution < 1.29 is 18.7 Å². The summed E-state index contributed by atoms with van der Waals surface area (Å²) in [6, 6.07) is 4.90. The highest BCUT2D eigenvalue weighted by atomic mass is 32.2. The number of nitrogens with one attached hydrogen (secondary N) is 2. The van der Waals surface area contributed by atoms with Gasteiger partial charge in [0.1, 0.15) is 5.82 Å². The molecule has 1 aliphatic rings. The van der Waals surface area contributed by atoms with Gasteiger partial charge in [-0.15, -0.1) is 10.2 Å². The summed E-state index contributed by atoms with van der Waals surface area (Å²) in [6.07, 6.45) is 0.0457. The van der Waals surface area contributed by atoms with Crippen LogP contribution in [0, 0.1) is 5.82 Å². The van der Waals surface area contributed by atoms with Gasteiger partial charge >= 0.3 is 6.03 Å². The molecule has 0 radical (unpaired) electrons. The van der Waals surface area contributed by atoms with Gasteiger partial charge in [0.2, 0.25) is 11.0 Å². The van der Waals surface area contributed by atoms with Crippen LogP contribution >= 0.6 is 23.1 Å². The van der Waals surface area contributed by atoms with Gasteiger partial charge in [-0.25, -0.2) is 9.18 Å². The Morgan fingerprint density at radius 3 is 2.57 bits per heavy atom. The minimum Gasteiger partial charge on any atom is -0.372 e. The lowest BCUT2D eigenvalue weighted by Gasteiger charge is -2.35. The molecule has 2 aromatic rings. The topological polar surface area (TPSA) is 96.5 Å². The fourth-order valence-electron chi connectivity index (χ4n) is 2.71. The predicted octanol–water partition coefficient (Wildman–Crippen LogP) is 3.05. The maximum atomic E-state index is 12.9. The van der Waals surface area contributed by atoms with E-state index < -0.39 is 6.03 Å². The van der Waals surface area contributed by atoms with Crippen LogP contribution in [0.25, 0.3) is 0 Å². The second kappa shape index (κ2) is 9.30. The molecule has 1 fully saturated rings. The number of hydrogen-bond acceptors (Lipinski definition) is 7. The van der Waals surface area contributed by atoms with Gasteiger partial charge in [-0.2, -0.15) is 0 Å². The number of hydrogen-bond donors (Lipinski definition) is 2. The van der Waals surface area contributed by atoms with Gasteiger partial charge in [0, 0.05) is 18.8 Å². The minimum atomic E-state index is -0.508. The summed E-state index contributed by atoms with van der Waals surface area (Å²) < 4.78 is 19.1. The smallest absolute Gasteiger partial charge is 0.325 e. The van der Waals surface area contributed by atoms with Crippen molar-refractivity contribution in [1.82, 2.24) is 15.1 Å². The van der Waals surface area contributed by atoms with E-state index in [9.17, 15) is 14.0 Å². The van der Waals surface area contributed by atoms with E-state index in [4.69, 9.17) is 4.74 Å². The zero-order valence-corrected chi connectivity index (χ0v) is 17.0. The van der Waals surface area contributed by atoms with Gasteiger partial charge in [-0.3, -0.25) is 10.1 Å². The van der Waals surface area contributed by atoms with E-state index in [0.29, 0.717) is 28.2 Å². The lowest BCUT2D eigenvalue weighted by Crippen LogP contribution is -2.48. The number of urea groups is 1. The van der Waals surface area contributed by atoms with E-state index in [1.54, 1.807) is 4.90 Å². The Kier molecular flexibility index (Phi) is 6.81. The minimum absolute atomic E-state index is 0.0192. The third-order valence-corrected chi connectivity index (χ3v) is 5.78. The molecule has 0 bridgehead atoms. The van der Waals surface area contributed by atoms with Crippen LogP contribution in [0.4, 0.5) is 20.0 Å². The summed E-state index contributed by atoms with van der Waals surface area (Å²) in [5, 5.41) is 13.3. The molecule has 0 saturated carbocycles. The number of benzene rings is 1. The van der Waals surface area contributed by atoms with Crippen molar-refractivity contribution in [3.8, 4) is 0 Å². The summed E-state index contributed by atoms with van der Waals surface area (Å²) in [5.41, 5.74) is 0.456. The van der Waals surface area contributed by atoms with Gasteiger partial charge in [0.15, 0.2) is 4.34 Å². The first-order valence-electron chi connectivity index (χ1n) is 8.62. The van der Waals surface area contributed by atoms with E-state index in [1.165, 1.54) is 47.4 Å². The molecular formula is C17H20FN5O3S2. The summed E-state index contributed by atoms with van der Waals surface area (Å²) in [6.45, 7) is 5.05. The molecule has 1 saturated heterocycles. The second-order valence-electron chi connectivity index (χ2n) is 6.30. The molecule has 1 aromatic heterocycles. The molecule has 3 amide bonds. The molecule has 3 rings (SSSR count). The first kappa shape index (κ1) is 20.5. The van der Waals surface area contributed by atoms with Crippen molar-refractivity contribution in [2.24, 2.45) is 0 Å². The molecule has 0 aliphatic carbocycles. The van der Waals surface area contributed by atoms with Crippen LogP contribution < -0.4 is 10.6 Å². The van der Waals surface area contributed by atoms with E-state index in [2.05, 4.69) is 20.8 Å². The average Bonchev–Trinajstić information content (AvgIpc) is 3.08. The number of carbonyl (C=O) groups excluding carboxylic acids is 2. The number of halogens is 1. The standard InChI is InChI=1S/C17H20FN5O3S2/c1-10-7-23(8-11(2)26-10)14(24)9-27-17-22-21-16(28-17)20-15(25)19-13-5-3-12(18)4-6-13/h3-6,10-11H,7-9H2,1-2H3,(H2,19,20,21,25)/t10-,11-/m1/s1. The molecule has 2 atom stereocenters. The summed E-state index contributed by atoms with van der Waals surface area (Å²) >= 11 is 2.45. The number of carbonyl (C=O) groups is 2. The van der Waals surface area contributed by atoms with E-state index >= 15 is 0 Å². The van der Waals surface area contributed by atoms with Crippen LogP contribution in [0.3, 0.4) is 0 Å². The SMILES string of the molecule is C[C@@H]1CN(C(=O)CSc2nnc(NC(=O)Nc3ccc(F)cc3)s2)C[C@@H](C)O1. The molecular weight excluding hydrogens is 405 g/mol. The van der Waals surface area contributed by atoms with E-state index in [0.717, 1.165) is 0 Å². The maximum Gasteiger partial charge on any atom is 0.325 e. The number of rotatable bonds is 5. The molecule has 0 unspecified atom stereocenters. The molecule has 150 valence electrons. The Morgan fingerprint density at radius 2 is 1.89 bits per heavy atom. The van der Waals surface area contributed by atoms with Gasteiger partial charge in [0.05, 0.1) is 18.0 Å². The van der Waals surface area contributed by atoms with E-state index in [-0.39, 0.29) is 29.7 Å². The Morgan fingerprint density at radius 1 is 1.21 bits per heavy atom. The summed E-state index contributed by atoms with van der Waals surface area (Å²) in [4.78, 5) is 26.1. The fourth-order valence-corrected chi connectivity index (χ4v) is 4.36. The van der Waals surface area contributed by atoms with Gasteiger partial charge < -0.3 is 15.0 Å². The third-order valence-electron chi connectivity index (χ3n) is 3.82. The Hall–Kier alpha value is -2.24. The second-order valence-corrected chi connectivity index (χ2v) is 8.50. The van der Waals surface area contributed by atoms with Gasteiger partial charge in [-0.1, -0.05) is 23.1 Å².